The zero-order valence-electron chi connectivity index (χ0n) is 16.5. The zero-order chi connectivity index (χ0) is 19.9. The lowest BCUT2D eigenvalue weighted by molar-refractivity contribution is 0.284. The van der Waals surface area contributed by atoms with Crippen molar-refractivity contribution < 1.29 is 9.47 Å². The summed E-state index contributed by atoms with van der Waals surface area (Å²) >= 11 is 5.30. The van der Waals surface area contributed by atoms with Gasteiger partial charge in [-0.05, 0) is 48.8 Å². The maximum absolute atomic E-state index is 5.95. The van der Waals surface area contributed by atoms with E-state index < -0.39 is 0 Å². The topological polar surface area (TPSA) is 64.1 Å². The van der Waals surface area contributed by atoms with Crippen molar-refractivity contribution in [3.8, 4) is 11.5 Å². The first-order valence-electron chi connectivity index (χ1n) is 9.36. The predicted molar refractivity (Wildman–Crippen MR) is 113 cm³/mol. The molecule has 0 radical (unpaired) electrons. The summed E-state index contributed by atoms with van der Waals surface area (Å²) in [6.45, 7) is 5.28. The van der Waals surface area contributed by atoms with Gasteiger partial charge in [-0.1, -0.05) is 42.8 Å². The summed E-state index contributed by atoms with van der Waals surface area (Å²) in [5.74, 6) is 2.33. The highest BCUT2D eigenvalue weighted by molar-refractivity contribution is 7.71. The molecule has 0 saturated carbocycles. The molecule has 0 aliphatic rings. The smallest absolute Gasteiger partial charge is 0.214 e. The van der Waals surface area contributed by atoms with Crippen LogP contribution in [-0.4, -0.2) is 22.0 Å². The third kappa shape index (κ3) is 4.92. The molecule has 0 unspecified atom stereocenters. The second kappa shape index (κ2) is 9.41. The molecular weight excluding hydrogens is 372 g/mol. The third-order valence-corrected chi connectivity index (χ3v) is 4.67. The SMILES string of the molecule is CCCc1n[nH]c(=S)n1NCc1ccc(OCc2ccc(C)cc2)c(OC)c1. The Morgan fingerprint density at radius 1 is 1.11 bits per heavy atom. The fourth-order valence-electron chi connectivity index (χ4n) is 2.84. The molecule has 28 heavy (non-hydrogen) atoms. The lowest BCUT2D eigenvalue weighted by Crippen LogP contribution is -2.17. The molecule has 0 atom stereocenters. The van der Waals surface area contributed by atoms with E-state index in [4.69, 9.17) is 21.7 Å². The van der Waals surface area contributed by atoms with Crippen LogP contribution in [0.25, 0.3) is 0 Å². The highest BCUT2D eigenvalue weighted by Gasteiger charge is 2.08. The average Bonchev–Trinajstić information content (AvgIpc) is 3.06. The maximum Gasteiger partial charge on any atom is 0.214 e. The molecule has 2 N–H and O–H groups in total. The van der Waals surface area contributed by atoms with Crippen LogP contribution in [0.2, 0.25) is 0 Å². The number of nitrogens with one attached hydrogen (secondary N) is 2. The van der Waals surface area contributed by atoms with E-state index in [-0.39, 0.29) is 0 Å². The second-order valence-corrected chi connectivity index (χ2v) is 7.01. The van der Waals surface area contributed by atoms with Gasteiger partial charge in [0.2, 0.25) is 4.77 Å². The summed E-state index contributed by atoms with van der Waals surface area (Å²) in [6, 6.07) is 14.2. The van der Waals surface area contributed by atoms with Gasteiger partial charge < -0.3 is 14.9 Å². The molecule has 0 bridgehead atoms. The van der Waals surface area contributed by atoms with Crippen LogP contribution < -0.4 is 14.9 Å². The number of aromatic nitrogens is 3. The average molecular weight is 399 g/mol. The summed E-state index contributed by atoms with van der Waals surface area (Å²) in [7, 11) is 1.65. The number of hydrogen-bond donors (Lipinski definition) is 2. The molecule has 2 aromatic carbocycles. The maximum atomic E-state index is 5.95. The Morgan fingerprint density at radius 2 is 1.86 bits per heavy atom. The van der Waals surface area contributed by atoms with E-state index in [1.165, 1.54) is 5.56 Å². The quantitative estimate of drug-likeness (QED) is 0.519. The number of benzene rings is 2. The summed E-state index contributed by atoms with van der Waals surface area (Å²) in [5, 5.41) is 7.10. The number of aromatic amines is 1. The van der Waals surface area contributed by atoms with E-state index >= 15 is 0 Å². The number of hydrogen-bond acceptors (Lipinski definition) is 5. The Hall–Kier alpha value is -2.80. The molecule has 3 aromatic rings. The molecule has 0 aliphatic heterocycles. The van der Waals surface area contributed by atoms with Gasteiger partial charge in [0, 0.05) is 6.42 Å². The Morgan fingerprint density at radius 3 is 2.57 bits per heavy atom. The van der Waals surface area contributed by atoms with Crippen molar-refractivity contribution in [1.82, 2.24) is 14.9 Å². The van der Waals surface area contributed by atoms with Crippen LogP contribution in [0.1, 0.15) is 35.9 Å². The van der Waals surface area contributed by atoms with Gasteiger partial charge in [-0.2, -0.15) is 5.10 Å². The Kier molecular flexibility index (Phi) is 6.71. The monoisotopic (exact) mass is 398 g/mol. The van der Waals surface area contributed by atoms with Gasteiger partial charge in [-0.25, -0.2) is 4.68 Å². The normalized spacial score (nSPS) is 10.7. The fourth-order valence-corrected chi connectivity index (χ4v) is 3.06. The van der Waals surface area contributed by atoms with Crippen molar-refractivity contribution in [3.05, 3.63) is 69.8 Å². The Labute approximate surface area is 170 Å². The molecule has 1 heterocycles. The lowest BCUT2D eigenvalue weighted by atomic mass is 10.1. The molecule has 7 heteroatoms. The van der Waals surface area contributed by atoms with Gasteiger partial charge in [0.1, 0.15) is 6.61 Å². The van der Waals surface area contributed by atoms with Crippen LogP contribution in [0.15, 0.2) is 42.5 Å². The highest BCUT2D eigenvalue weighted by atomic mass is 32.1. The number of methoxy groups -OCH3 is 1. The highest BCUT2D eigenvalue weighted by Crippen LogP contribution is 2.29. The van der Waals surface area contributed by atoms with E-state index in [1.54, 1.807) is 7.11 Å². The van der Waals surface area contributed by atoms with E-state index in [9.17, 15) is 0 Å². The third-order valence-electron chi connectivity index (χ3n) is 4.40. The lowest BCUT2D eigenvalue weighted by Gasteiger charge is -2.14. The number of aryl methyl sites for hydroxylation is 2. The summed E-state index contributed by atoms with van der Waals surface area (Å²) in [4.78, 5) is 0. The minimum Gasteiger partial charge on any atom is -0.493 e. The van der Waals surface area contributed by atoms with Crippen molar-refractivity contribution >= 4 is 12.2 Å². The van der Waals surface area contributed by atoms with Gasteiger partial charge in [-0.15, -0.1) is 0 Å². The molecule has 148 valence electrons. The second-order valence-electron chi connectivity index (χ2n) is 6.62. The van der Waals surface area contributed by atoms with Crippen molar-refractivity contribution in [2.45, 2.75) is 39.8 Å². The molecular formula is C21H26N4O2S. The molecule has 3 rings (SSSR count). The van der Waals surface area contributed by atoms with Gasteiger partial charge >= 0.3 is 0 Å². The van der Waals surface area contributed by atoms with Crippen LogP contribution in [0.3, 0.4) is 0 Å². The summed E-state index contributed by atoms with van der Waals surface area (Å²) < 4.78 is 13.9. The molecule has 0 aliphatic carbocycles. The number of nitrogens with zero attached hydrogens (tertiary/aromatic N) is 2. The molecule has 0 spiro atoms. The molecule has 6 nitrogen and oxygen atoms in total. The van der Waals surface area contributed by atoms with Crippen LogP contribution in [-0.2, 0) is 19.6 Å². The van der Waals surface area contributed by atoms with Gasteiger partial charge in [0.15, 0.2) is 17.3 Å². The first-order chi connectivity index (χ1) is 13.6. The van der Waals surface area contributed by atoms with Crippen LogP contribution in [0.4, 0.5) is 0 Å². The molecule has 0 saturated heterocycles. The van der Waals surface area contributed by atoms with E-state index in [1.807, 2.05) is 22.9 Å². The molecule has 0 fully saturated rings. The van der Waals surface area contributed by atoms with Gasteiger partial charge in [-0.3, -0.25) is 5.10 Å². The molecule has 1 aromatic heterocycles. The number of H-pyrrole nitrogens is 1. The first kappa shape index (κ1) is 19.9. The summed E-state index contributed by atoms with van der Waals surface area (Å²) in [6.07, 6.45) is 1.86. The van der Waals surface area contributed by atoms with E-state index in [2.05, 4.69) is 53.7 Å². The minimum absolute atomic E-state index is 0.499. The molecule has 0 amide bonds. The fraction of sp³-hybridized carbons (Fsp3) is 0.333. The summed E-state index contributed by atoms with van der Waals surface area (Å²) in [5.41, 5.74) is 6.73. The minimum atomic E-state index is 0.499. The predicted octanol–water partition coefficient (Wildman–Crippen LogP) is 4.53. The van der Waals surface area contributed by atoms with Crippen molar-refractivity contribution in [2.24, 2.45) is 0 Å². The van der Waals surface area contributed by atoms with E-state index in [0.29, 0.717) is 23.7 Å². The van der Waals surface area contributed by atoms with Crippen LogP contribution >= 0.6 is 12.2 Å². The number of ether oxygens (including phenoxy) is 2. The van der Waals surface area contributed by atoms with Crippen molar-refractivity contribution in [1.29, 1.82) is 0 Å². The Bertz CT molecular complexity index is 963. The Balaban J connectivity index is 1.66. The van der Waals surface area contributed by atoms with Crippen LogP contribution in [0, 0.1) is 11.7 Å². The van der Waals surface area contributed by atoms with E-state index in [0.717, 1.165) is 35.5 Å². The van der Waals surface area contributed by atoms with Crippen LogP contribution in [0.5, 0.6) is 11.5 Å². The first-order valence-corrected chi connectivity index (χ1v) is 9.77. The largest absolute Gasteiger partial charge is 0.493 e. The standard InChI is InChI=1S/C21H26N4O2S/c1-4-5-20-23-24-21(28)25(20)22-13-17-10-11-18(19(12-17)26-3)27-14-16-8-6-15(2)7-9-16/h6-12,22H,4-5,13-14H2,1-3H3,(H,24,28). The van der Waals surface area contributed by atoms with Gasteiger partial charge in [0.25, 0.3) is 0 Å². The number of rotatable bonds is 9. The zero-order valence-corrected chi connectivity index (χ0v) is 17.3. The van der Waals surface area contributed by atoms with Crippen molar-refractivity contribution in [3.63, 3.8) is 0 Å². The van der Waals surface area contributed by atoms with Crippen molar-refractivity contribution in [2.75, 3.05) is 12.5 Å². The van der Waals surface area contributed by atoms with Gasteiger partial charge in [0.05, 0.1) is 13.7 Å².